The number of hydrogen-bond acceptors (Lipinski definition) is 7. The Bertz CT molecular complexity index is 1740. The topological polar surface area (TPSA) is 115 Å². The molecule has 1 N–H and O–H groups in total. The second-order valence-corrected chi connectivity index (χ2v) is 11.4. The fraction of sp³-hybridized carbons (Fsp3) is 0.364. The number of benzene rings is 2. The third kappa shape index (κ3) is 6.07. The van der Waals surface area contributed by atoms with Crippen molar-refractivity contribution in [3.05, 3.63) is 93.3 Å². The average Bonchev–Trinajstić information content (AvgIpc) is 3.27. The van der Waals surface area contributed by atoms with E-state index in [2.05, 4.69) is 26.2 Å². The largest absolute Gasteiger partial charge is 0.490 e. The number of amides is 1. The Labute approximate surface area is 248 Å². The number of halogens is 1. The quantitative estimate of drug-likeness (QED) is 0.328. The standard InChI is InChI=1S/C33H33FN6O3/c1-39(23-5-2-3-14-40(20-23)31-13-9-22(18-35)19-36-31)33(42)28-15-21(8-12-29(28)34)16-30-27-17-25(43-24-6-4-7-24)10-11-26(27)32(41)38-37-30/h8-13,15,17,19,23-24H,2-7,14,16,20H2,1H3,(H,38,41)/t23-/m0/s1. The second-order valence-electron chi connectivity index (χ2n) is 11.4. The molecule has 0 unspecified atom stereocenters. The summed E-state index contributed by atoms with van der Waals surface area (Å²) in [6.45, 7) is 1.34. The Morgan fingerprint density at radius 3 is 2.72 bits per heavy atom. The molecule has 1 saturated heterocycles. The van der Waals surface area contributed by atoms with Crippen LogP contribution in [0.15, 0.2) is 59.5 Å². The molecule has 1 aliphatic heterocycles. The molecule has 220 valence electrons. The number of nitrogens with one attached hydrogen (secondary N) is 1. The molecule has 0 radical (unpaired) electrons. The van der Waals surface area contributed by atoms with Crippen LogP contribution in [0.3, 0.4) is 0 Å². The van der Waals surface area contributed by atoms with Crippen LogP contribution in [0.25, 0.3) is 10.8 Å². The van der Waals surface area contributed by atoms with Crippen LogP contribution in [-0.4, -0.2) is 58.3 Å². The van der Waals surface area contributed by atoms with E-state index >= 15 is 4.39 Å². The fourth-order valence-electron chi connectivity index (χ4n) is 5.77. The van der Waals surface area contributed by atoms with Crippen LogP contribution in [0.4, 0.5) is 10.2 Å². The van der Waals surface area contributed by atoms with Crippen LogP contribution in [0, 0.1) is 17.1 Å². The Hall–Kier alpha value is -4.78. The van der Waals surface area contributed by atoms with Gasteiger partial charge < -0.3 is 14.5 Å². The number of H-pyrrole nitrogens is 1. The van der Waals surface area contributed by atoms with Crippen molar-refractivity contribution >= 4 is 22.5 Å². The van der Waals surface area contributed by atoms with Crippen molar-refractivity contribution in [3.8, 4) is 11.8 Å². The number of pyridine rings is 1. The van der Waals surface area contributed by atoms with Gasteiger partial charge in [-0.2, -0.15) is 10.4 Å². The first-order valence-corrected chi connectivity index (χ1v) is 14.7. The maximum atomic E-state index is 15.1. The number of aromatic amines is 1. The van der Waals surface area contributed by atoms with Gasteiger partial charge in [0.1, 0.15) is 23.5 Å². The number of fused-ring (bicyclic) bond motifs is 1. The summed E-state index contributed by atoms with van der Waals surface area (Å²) in [7, 11) is 1.72. The maximum Gasteiger partial charge on any atom is 0.272 e. The Kier molecular flexibility index (Phi) is 8.05. The Morgan fingerprint density at radius 1 is 1.12 bits per heavy atom. The third-order valence-electron chi connectivity index (χ3n) is 8.54. The molecule has 0 spiro atoms. The number of carbonyl (C=O) groups excluding carboxylic acids is 1. The van der Waals surface area contributed by atoms with Crippen LogP contribution in [0.1, 0.15) is 65.7 Å². The highest BCUT2D eigenvalue weighted by Gasteiger charge is 2.28. The first-order chi connectivity index (χ1) is 20.9. The van der Waals surface area contributed by atoms with Crippen molar-refractivity contribution in [1.29, 1.82) is 5.26 Å². The van der Waals surface area contributed by atoms with Gasteiger partial charge in [-0.25, -0.2) is 14.5 Å². The number of rotatable bonds is 7. The van der Waals surface area contributed by atoms with Gasteiger partial charge in [0.15, 0.2) is 0 Å². The number of anilines is 1. The predicted molar refractivity (Wildman–Crippen MR) is 161 cm³/mol. The minimum atomic E-state index is -0.588. The number of hydrogen-bond donors (Lipinski definition) is 1. The van der Waals surface area contributed by atoms with Gasteiger partial charge in [-0.05, 0) is 86.6 Å². The van der Waals surface area contributed by atoms with E-state index in [0.29, 0.717) is 46.3 Å². The zero-order valence-electron chi connectivity index (χ0n) is 24.1. The van der Waals surface area contributed by atoms with Crippen molar-refractivity contribution in [1.82, 2.24) is 20.1 Å². The molecule has 2 aliphatic rings. The van der Waals surface area contributed by atoms with E-state index in [9.17, 15) is 9.59 Å². The summed E-state index contributed by atoms with van der Waals surface area (Å²) in [5.41, 5.74) is 1.51. The van der Waals surface area contributed by atoms with E-state index in [1.807, 2.05) is 12.1 Å². The highest BCUT2D eigenvalue weighted by Crippen LogP contribution is 2.29. The van der Waals surface area contributed by atoms with Crippen molar-refractivity contribution in [3.63, 3.8) is 0 Å². The monoisotopic (exact) mass is 580 g/mol. The summed E-state index contributed by atoms with van der Waals surface area (Å²) in [5.74, 6) is 0.461. The van der Waals surface area contributed by atoms with E-state index in [1.54, 1.807) is 48.5 Å². The van der Waals surface area contributed by atoms with E-state index in [4.69, 9.17) is 10.00 Å². The first kappa shape index (κ1) is 28.3. The minimum absolute atomic E-state index is 0.00460. The lowest BCUT2D eigenvalue weighted by molar-refractivity contribution is 0.0725. The highest BCUT2D eigenvalue weighted by molar-refractivity contribution is 5.95. The van der Waals surface area contributed by atoms with Gasteiger partial charge in [-0.3, -0.25) is 9.59 Å². The summed E-state index contributed by atoms with van der Waals surface area (Å²) in [6.07, 6.45) is 7.88. The van der Waals surface area contributed by atoms with Crippen molar-refractivity contribution in [2.24, 2.45) is 0 Å². The average molecular weight is 581 g/mol. The van der Waals surface area contributed by atoms with E-state index in [0.717, 1.165) is 50.9 Å². The summed E-state index contributed by atoms with van der Waals surface area (Å²) in [6, 6.07) is 15.4. The summed E-state index contributed by atoms with van der Waals surface area (Å²) < 4.78 is 21.2. The molecule has 2 aromatic carbocycles. The molecular formula is C33H33FN6O3. The SMILES string of the molecule is CN(C(=O)c1cc(Cc2n[nH]c(=O)c3ccc(OC4CCC4)cc23)ccc1F)[C@H]1CCCCN(c2ccc(C#N)cn2)C1. The van der Waals surface area contributed by atoms with Crippen LogP contribution < -0.4 is 15.2 Å². The Balaban J connectivity index is 1.23. The summed E-state index contributed by atoms with van der Waals surface area (Å²) in [4.78, 5) is 34.3. The van der Waals surface area contributed by atoms with Crippen molar-refractivity contribution in [2.45, 2.75) is 57.1 Å². The van der Waals surface area contributed by atoms with Gasteiger partial charge >= 0.3 is 0 Å². The van der Waals surface area contributed by atoms with Crippen LogP contribution >= 0.6 is 0 Å². The normalized spacial score (nSPS) is 17.1. The van der Waals surface area contributed by atoms with Gasteiger partial charge in [0.2, 0.25) is 0 Å². The molecule has 0 bridgehead atoms. The van der Waals surface area contributed by atoms with E-state index in [-0.39, 0.29) is 23.3 Å². The zero-order chi connectivity index (χ0) is 29.9. The maximum absolute atomic E-state index is 15.1. The van der Waals surface area contributed by atoms with Gasteiger partial charge in [-0.15, -0.1) is 0 Å². The summed E-state index contributed by atoms with van der Waals surface area (Å²) in [5, 5.41) is 17.1. The number of nitriles is 1. The molecule has 4 aromatic rings. The number of ether oxygens (including phenoxy) is 1. The fourth-order valence-corrected chi connectivity index (χ4v) is 5.77. The first-order valence-electron chi connectivity index (χ1n) is 14.7. The lowest BCUT2D eigenvalue weighted by atomic mass is 9.96. The molecule has 1 atom stereocenters. The number of likely N-dealkylation sites (N-methyl/N-ethyl adjacent to an activating group) is 1. The molecule has 10 heteroatoms. The number of carbonyl (C=O) groups is 1. The molecule has 1 amide bonds. The zero-order valence-corrected chi connectivity index (χ0v) is 24.1. The Morgan fingerprint density at radius 2 is 1.98 bits per heavy atom. The predicted octanol–water partition coefficient (Wildman–Crippen LogP) is 4.98. The second kappa shape index (κ2) is 12.2. The van der Waals surface area contributed by atoms with Gasteiger partial charge in [0.05, 0.1) is 28.3 Å². The smallest absolute Gasteiger partial charge is 0.272 e. The number of aromatic nitrogens is 3. The van der Waals surface area contributed by atoms with Crippen molar-refractivity contribution < 1.29 is 13.9 Å². The van der Waals surface area contributed by atoms with Crippen molar-refractivity contribution in [2.75, 3.05) is 25.0 Å². The lowest BCUT2D eigenvalue weighted by Gasteiger charge is -2.32. The van der Waals surface area contributed by atoms with E-state index in [1.165, 1.54) is 6.07 Å². The minimum Gasteiger partial charge on any atom is -0.490 e. The molecule has 9 nitrogen and oxygen atoms in total. The van der Waals surface area contributed by atoms with Crippen LogP contribution in [0.5, 0.6) is 5.75 Å². The van der Waals surface area contributed by atoms with Gasteiger partial charge in [0, 0.05) is 44.2 Å². The molecule has 3 heterocycles. The molecule has 2 aromatic heterocycles. The summed E-state index contributed by atoms with van der Waals surface area (Å²) >= 11 is 0. The van der Waals surface area contributed by atoms with Gasteiger partial charge in [0.25, 0.3) is 11.5 Å². The molecule has 1 aliphatic carbocycles. The molecule has 2 fully saturated rings. The lowest BCUT2D eigenvalue weighted by Crippen LogP contribution is -2.44. The molecule has 43 heavy (non-hydrogen) atoms. The molecule has 6 rings (SSSR count). The number of nitrogens with zero attached hydrogens (tertiary/aromatic N) is 5. The van der Waals surface area contributed by atoms with E-state index < -0.39 is 11.7 Å². The van der Waals surface area contributed by atoms with Crippen LogP contribution in [0.2, 0.25) is 0 Å². The third-order valence-corrected chi connectivity index (χ3v) is 8.54. The van der Waals surface area contributed by atoms with Gasteiger partial charge in [-0.1, -0.05) is 6.07 Å². The molecular weight excluding hydrogens is 547 g/mol. The highest BCUT2D eigenvalue weighted by atomic mass is 19.1. The van der Waals surface area contributed by atoms with Crippen LogP contribution in [-0.2, 0) is 6.42 Å². The molecule has 1 saturated carbocycles.